The number of nitrogens with one attached hydrogen (secondary N) is 2. The highest BCUT2D eigenvalue weighted by atomic mass is 16.2. The second-order valence-corrected chi connectivity index (χ2v) is 6.69. The van der Waals surface area contributed by atoms with Crippen molar-refractivity contribution < 1.29 is 4.79 Å². The molecule has 1 amide bonds. The fourth-order valence-corrected chi connectivity index (χ4v) is 2.93. The monoisotopic (exact) mass is 374 g/mol. The Bertz CT molecular complexity index is 1210. The van der Waals surface area contributed by atoms with E-state index >= 15 is 0 Å². The molecule has 4 aromatic rings. The molecule has 140 valence electrons. The number of fused-ring (bicyclic) bond motifs is 1. The first-order valence-electron chi connectivity index (χ1n) is 8.85. The first-order chi connectivity index (χ1) is 13.5. The Balaban J connectivity index is 1.65. The molecular formula is C20H18N6O2. The number of amides is 1. The maximum atomic E-state index is 12.9. The van der Waals surface area contributed by atoms with E-state index in [0.29, 0.717) is 16.9 Å². The number of tetrazole rings is 1. The molecule has 2 N–H and O–H groups in total. The number of anilines is 1. The van der Waals surface area contributed by atoms with E-state index in [0.717, 1.165) is 21.3 Å². The molecule has 28 heavy (non-hydrogen) atoms. The van der Waals surface area contributed by atoms with Crippen LogP contribution in [0.1, 0.15) is 35.8 Å². The topological polar surface area (TPSA) is 106 Å². The molecule has 0 atom stereocenters. The third-order valence-corrected chi connectivity index (χ3v) is 4.41. The molecule has 0 spiro atoms. The van der Waals surface area contributed by atoms with Crippen LogP contribution in [0.2, 0.25) is 0 Å². The molecule has 0 aliphatic carbocycles. The summed E-state index contributed by atoms with van der Waals surface area (Å²) in [6.07, 6.45) is 0. The minimum atomic E-state index is -0.429. The van der Waals surface area contributed by atoms with Gasteiger partial charge in [0.1, 0.15) is 0 Å². The van der Waals surface area contributed by atoms with E-state index in [4.69, 9.17) is 0 Å². The first-order valence-corrected chi connectivity index (χ1v) is 8.85. The normalized spacial score (nSPS) is 11.1. The van der Waals surface area contributed by atoms with Crippen molar-refractivity contribution in [2.45, 2.75) is 19.8 Å². The summed E-state index contributed by atoms with van der Waals surface area (Å²) in [5.41, 5.74) is 2.96. The van der Waals surface area contributed by atoms with Gasteiger partial charge in [-0.15, -0.1) is 0 Å². The highest BCUT2D eigenvalue weighted by Crippen LogP contribution is 2.23. The van der Waals surface area contributed by atoms with Gasteiger partial charge >= 0.3 is 5.69 Å². The third kappa shape index (κ3) is 3.27. The molecular weight excluding hydrogens is 356 g/mol. The minimum absolute atomic E-state index is 0.205. The Morgan fingerprint density at radius 2 is 1.86 bits per heavy atom. The SMILES string of the molecule is CC(C)c1cc(C(=O)Nc2ccc(-n3nn[nH]c3=O)cc2)c2ccccc2n1. The average molecular weight is 374 g/mol. The van der Waals surface area contributed by atoms with Crippen LogP contribution in [-0.4, -0.2) is 31.1 Å². The zero-order chi connectivity index (χ0) is 19.7. The third-order valence-electron chi connectivity index (χ3n) is 4.41. The maximum absolute atomic E-state index is 12.9. The first kappa shape index (κ1) is 17.6. The summed E-state index contributed by atoms with van der Waals surface area (Å²) >= 11 is 0. The predicted octanol–water partition coefficient (Wildman–Crippen LogP) is 2.88. The van der Waals surface area contributed by atoms with Crippen LogP contribution in [0.3, 0.4) is 0 Å². The van der Waals surface area contributed by atoms with Gasteiger partial charge in [-0.2, -0.15) is 4.68 Å². The van der Waals surface area contributed by atoms with Crippen molar-refractivity contribution in [1.82, 2.24) is 25.2 Å². The highest BCUT2D eigenvalue weighted by molar-refractivity contribution is 6.12. The smallest absolute Gasteiger partial charge is 0.322 e. The number of nitrogens with zero attached hydrogens (tertiary/aromatic N) is 4. The average Bonchev–Trinajstić information content (AvgIpc) is 3.13. The second-order valence-electron chi connectivity index (χ2n) is 6.69. The lowest BCUT2D eigenvalue weighted by Crippen LogP contribution is -2.16. The molecule has 2 aromatic heterocycles. The Morgan fingerprint density at radius 1 is 1.11 bits per heavy atom. The predicted molar refractivity (Wildman–Crippen MR) is 106 cm³/mol. The maximum Gasteiger partial charge on any atom is 0.365 e. The van der Waals surface area contributed by atoms with E-state index < -0.39 is 5.69 Å². The minimum Gasteiger partial charge on any atom is -0.322 e. The van der Waals surface area contributed by atoms with E-state index in [1.807, 2.05) is 44.2 Å². The molecule has 8 heteroatoms. The number of benzene rings is 2. The Kier molecular flexibility index (Phi) is 4.44. The lowest BCUT2D eigenvalue weighted by molar-refractivity contribution is 0.102. The summed E-state index contributed by atoms with van der Waals surface area (Å²) in [4.78, 5) is 29.2. The van der Waals surface area contributed by atoms with Gasteiger partial charge in [0, 0.05) is 16.8 Å². The summed E-state index contributed by atoms with van der Waals surface area (Å²) < 4.78 is 1.14. The number of pyridine rings is 1. The molecule has 2 aromatic carbocycles. The van der Waals surface area contributed by atoms with Crippen LogP contribution in [0.25, 0.3) is 16.6 Å². The van der Waals surface area contributed by atoms with Crippen molar-refractivity contribution in [1.29, 1.82) is 0 Å². The molecule has 0 aliphatic rings. The lowest BCUT2D eigenvalue weighted by atomic mass is 10.0. The van der Waals surface area contributed by atoms with Gasteiger partial charge in [0.15, 0.2) is 0 Å². The van der Waals surface area contributed by atoms with E-state index in [1.165, 1.54) is 0 Å². The Hall–Kier alpha value is -3.81. The Labute approximate surface area is 160 Å². The summed E-state index contributed by atoms with van der Waals surface area (Å²) in [6, 6.07) is 16.2. The molecule has 2 heterocycles. The van der Waals surface area contributed by atoms with Gasteiger partial charge in [0.2, 0.25) is 0 Å². The number of para-hydroxylation sites is 1. The van der Waals surface area contributed by atoms with Crippen LogP contribution in [0, 0.1) is 0 Å². The number of aromatic amines is 1. The summed E-state index contributed by atoms with van der Waals surface area (Å²) in [5.74, 6) is -0.0111. The standard InChI is InChI=1S/C20H18N6O2/c1-12(2)18-11-16(15-5-3-4-6-17(15)22-18)19(27)21-13-7-9-14(10-8-13)26-20(28)23-24-25-26/h3-12H,1-2H3,(H,21,27)(H,23,25,28). The van der Waals surface area contributed by atoms with E-state index in [-0.39, 0.29) is 11.8 Å². The summed E-state index contributed by atoms with van der Waals surface area (Å²) in [7, 11) is 0. The zero-order valence-electron chi connectivity index (χ0n) is 15.4. The van der Waals surface area contributed by atoms with E-state index in [2.05, 4.69) is 25.8 Å². The van der Waals surface area contributed by atoms with Gasteiger partial charge in [0.25, 0.3) is 5.91 Å². The summed E-state index contributed by atoms with van der Waals surface area (Å²) in [6.45, 7) is 4.09. The Morgan fingerprint density at radius 3 is 2.54 bits per heavy atom. The van der Waals surface area contributed by atoms with Crippen LogP contribution in [0.15, 0.2) is 59.4 Å². The molecule has 0 unspecified atom stereocenters. The van der Waals surface area contributed by atoms with Gasteiger partial charge in [0.05, 0.1) is 16.8 Å². The van der Waals surface area contributed by atoms with Crippen LogP contribution in [-0.2, 0) is 0 Å². The molecule has 0 saturated heterocycles. The molecule has 0 bridgehead atoms. The van der Waals surface area contributed by atoms with Gasteiger partial charge in [-0.1, -0.05) is 32.0 Å². The van der Waals surface area contributed by atoms with Crippen molar-refractivity contribution in [2.24, 2.45) is 0 Å². The van der Waals surface area contributed by atoms with Crippen LogP contribution in [0.5, 0.6) is 0 Å². The van der Waals surface area contributed by atoms with Gasteiger partial charge in [-0.25, -0.2) is 9.89 Å². The van der Waals surface area contributed by atoms with Crippen LogP contribution >= 0.6 is 0 Å². The van der Waals surface area contributed by atoms with E-state index in [9.17, 15) is 9.59 Å². The fraction of sp³-hybridized carbons (Fsp3) is 0.150. The molecule has 0 saturated carbocycles. The number of aromatic nitrogens is 5. The lowest BCUT2D eigenvalue weighted by Gasteiger charge is -2.12. The highest BCUT2D eigenvalue weighted by Gasteiger charge is 2.15. The van der Waals surface area contributed by atoms with Gasteiger partial charge < -0.3 is 5.32 Å². The fourth-order valence-electron chi connectivity index (χ4n) is 2.93. The van der Waals surface area contributed by atoms with Crippen molar-refractivity contribution in [2.75, 3.05) is 5.32 Å². The van der Waals surface area contributed by atoms with E-state index in [1.54, 1.807) is 24.3 Å². The molecule has 0 fully saturated rings. The van der Waals surface area contributed by atoms with Crippen LogP contribution < -0.4 is 11.0 Å². The zero-order valence-corrected chi connectivity index (χ0v) is 15.4. The molecule has 0 radical (unpaired) electrons. The second kappa shape index (κ2) is 7.07. The van der Waals surface area contributed by atoms with Crippen molar-refractivity contribution in [3.05, 3.63) is 76.3 Å². The number of carbonyl (C=O) groups excluding carboxylic acids is 1. The van der Waals surface area contributed by atoms with Crippen molar-refractivity contribution >= 4 is 22.5 Å². The number of rotatable bonds is 4. The van der Waals surface area contributed by atoms with Crippen LogP contribution in [0.4, 0.5) is 5.69 Å². The largest absolute Gasteiger partial charge is 0.365 e. The number of carbonyl (C=O) groups is 1. The quantitative estimate of drug-likeness (QED) is 0.571. The van der Waals surface area contributed by atoms with Gasteiger partial charge in [-0.3, -0.25) is 9.78 Å². The molecule has 0 aliphatic heterocycles. The number of H-pyrrole nitrogens is 1. The van der Waals surface area contributed by atoms with Crippen molar-refractivity contribution in [3.8, 4) is 5.69 Å². The number of hydrogen-bond donors (Lipinski definition) is 2. The molecule has 8 nitrogen and oxygen atoms in total. The summed E-state index contributed by atoms with van der Waals surface area (Å²) in [5, 5.41) is 13.1. The number of hydrogen-bond acceptors (Lipinski definition) is 5. The van der Waals surface area contributed by atoms with Crippen molar-refractivity contribution in [3.63, 3.8) is 0 Å². The van der Waals surface area contributed by atoms with Gasteiger partial charge in [-0.05, 0) is 52.7 Å². The molecule has 4 rings (SSSR count).